The van der Waals surface area contributed by atoms with E-state index < -0.39 is 0 Å². The van der Waals surface area contributed by atoms with E-state index in [0.29, 0.717) is 5.56 Å². The molecule has 19 heavy (non-hydrogen) atoms. The average Bonchev–Trinajstić information content (AvgIpc) is 2.32. The first-order valence-electron chi connectivity index (χ1n) is 5.50. The second-order valence-corrected chi connectivity index (χ2v) is 7.02. The van der Waals surface area contributed by atoms with Crippen LogP contribution < -0.4 is 5.32 Å². The Balaban J connectivity index is 2.25. The number of hydrogen-bond donors (Lipinski definition) is 1. The Kier molecular flexibility index (Phi) is 5.03. The van der Waals surface area contributed by atoms with Crippen LogP contribution in [0.25, 0.3) is 0 Å². The van der Waals surface area contributed by atoms with Crippen molar-refractivity contribution < 1.29 is 4.79 Å². The molecule has 5 heteroatoms. The van der Waals surface area contributed by atoms with Crippen LogP contribution in [-0.4, -0.2) is 5.91 Å². The Labute approximate surface area is 142 Å². The van der Waals surface area contributed by atoms with Crippen LogP contribution in [-0.2, 0) is 0 Å². The van der Waals surface area contributed by atoms with Crippen molar-refractivity contribution in [2.75, 3.05) is 5.32 Å². The summed E-state index contributed by atoms with van der Waals surface area (Å²) in [4.78, 5) is 12.2. The highest BCUT2D eigenvalue weighted by molar-refractivity contribution is 14.1. The molecule has 0 heterocycles. The number of halogens is 3. The van der Waals surface area contributed by atoms with Crippen molar-refractivity contribution in [3.63, 3.8) is 0 Å². The minimum atomic E-state index is -0.131. The molecule has 0 atom stereocenters. The first-order chi connectivity index (χ1) is 8.97. The average molecular weight is 495 g/mol. The molecule has 0 saturated carbocycles. The number of aryl methyl sites for hydroxylation is 1. The number of hydrogen-bond acceptors (Lipinski definition) is 1. The van der Waals surface area contributed by atoms with Gasteiger partial charge < -0.3 is 5.32 Å². The molecular weight excluding hydrogens is 485 g/mol. The Bertz CT molecular complexity index is 643. The molecule has 0 spiro atoms. The number of nitrogens with one attached hydrogen (secondary N) is 1. The molecule has 2 aromatic carbocycles. The van der Waals surface area contributed by atoms with Crippen LogP contribution >= 0.6 is 54.5 Å². The monoisotopic (exact) mass is 493 g/mol. The zero-order valence-electron chi connectivity index (χ0n) is 10.0. The molecule has 0 radical (unpaired) electrons. The summed E-state index contributed by atoms with van der Waals surface area (Å²) in [6.07, 6.45) is 0. The van der Waals surface area contributed by atoms with Crippen LogP contribution in [0.1, 0.15) is 15.9 Å². The van der Waals surface area contributed by atoms with Gasteiger partial charge in [0.15, 0.2) is 0 Å². The highest BCUT2D eigenvalue weighted by atomic mass is 127. The first-order valence-corrected chi connectivity index (χ1v) is 8.16. The lowest BCUT2D eigenvalue weighted by molar-refractivity contribution is 0.102. The molecule has 0 aliphatic carbocycles. The van der Waals surface area contributed by atoms with Crippen LogP contribution in [0.5, 0.6) is 0 Å². The van der Waals surface area contributed by atoms with Crippen LogP contribution in [0.2, 0.25) is 0 Å². The molecule has 0 unspecified atom stereocenters. The third kappa shape index (κ3) is 3.79. The van der Waals surface area contributed by atoms with Crippen molar-refractivity contribution in [1.82, 2.24) is 0 Å². The molecule has 2 rings (SSSR count). The Morgan fingerprint density at radius 2 is 1.84 bits per heavy atom. The van der Waals surface area contributed by atoms with Crippen molar-refractivity contribution in [2.24, 2.45) is 0 Å². The predicted octanol–water partition coefficient (Wildman–Crippen LogP) is 5.38. The summed E-state index contributed by atoms with van der Waals surface area (Å²) in [6, 6.07) is 11.5. The number of carbonyl (C=O) groups excluding carboxylic acids is 1. The van der Waals surface area contributed by atoms with Crippen molar-refractivity contribution in [1.29, 1.82) is 0 Å². The summed E-state index contributed by atoms with van der Waals surface area (Å²) >= 11 is 9.09. The molecule has 2 nitrogen and oxygen atoms in total. The molecule has 0 aliphatic rings. The Morgan fingerprint density at radius 3 is 2.47 bits per heavy atom. The highest BCUT2D eigenvalue weighted by Gasteiger charge is 2.11. The molecule has 0 saturated heterocycles. The maximum Gasteiger partial charge on any atom is 0.256 e. The smallest absolute Gasteiger partial charge is 0.256 e. The van der Waals surface area contributed by atoms with Crippen LogP contribution in [0.4, 0.5) is 5.69 Å². The minimum absolute atomic E-state index is 0.131. The molecule has 0 aliphatic heterocycles. The summed E-state index contributed by atoms with van der Waals surface area (Å²) in [5, 5.41) is 2.89. The van der Waals surface area contributed by atoms with Gasteiger partial charge in [0.05, 0.1) is 11.3 Å². The minimum Gasteiger partial charge on any atom is -0.321 e. The van der Waals surface area contributed by atoms with E-state index in [0.717, 1.165) is 23.8 Å². The Hall–Kier alpha value is -0.400. The van der Waals surface area contributed by atoms with Crippen molar-refractivity contribution in [2.45, 2.75) is 6.92 Å². The standard InChI is InChI=1S/C14H10Br2INO/c1-8-2-4-10(11(15)6-8)14(19)18-13-5-3-9(17)7-12(13)16/h2-7H,1H3,(H,18,19). The van der Waals surface area contributed by atoms with E-state index in [1.165, 1.54) is 0 Å². The summed E-state index contributed by atoms with van der Waals surface area (Å²) in [5.41, 5.74) is 2.49. The zero-order valence-corrected chi connectivity index (χ0v) is 15.3. The fraction of sp³-hybridized carbons (Fsp3) is 0.0714. The van der Waals surface area contributed by atoms with Gasteiger partial charge in [-0.1, -0.05) is 6.07 Å². The third-order valence-corrected chi connectivity index (χ3v) is 4.53. The normalized spacial score (nSPS) is 10.3. The first kappa shape index (κ1) is 15.0. The van der Waals surface area contributed by atoms with E-state index in [4.69, 9.17) is 0 Å². The molecule has 1 N–H and O–H groups in total. The second-order valence-electron chi connectivity index (χ2n) is 4.06. The molecule has 0 bridgehead atoms. The number of benzene rings is 2. The number of anilines is 1. The van der Waals surface area contributed by atoms with Crippen LogP contribution in [0.3, 0.4) is 0 Å². The van der Waals surface area contributed by atoms with Crippen molar-refractivity contribution >= 4 is 66.0 Å². The van der Waals surface area contributed by atoms with Crippen molar-refractivity contribution in [3.05, 3.63) is 60.0 Å². The van der Waals surface area contributed by atoms with E-state index in [2.05, 4.69) is 59.8 Å². The highest BCUT2D eigenvalue weighted by Crippen LogP contribution is 2.26. The molecule has 2 aromatic rings. The summed E-state index contributed by atoms with van der Waals surface area (Å²) in [6.45, 7) is 1.99. The molecule has 1 amide bonds. The second kappa shape index (κ2) is 6.37. The van der Waals surface area contributed by atoms with Crippen LogP contribution in [0.15, 0.2) is 45.3 Å². The van der Waals surface area contributed by atoms with Gasteiger partial charge >= 0.3 is 0 Å². The van der Waals surface area contributed by atoms with Gasteiger partial charge in [0.2, 0.25) is 0 Å². The van der Waals surface area contributed by atoms with Gasteiger partial charge in [-0.15, -0.1) is 0 Å². The lowest BCUT2D eigenvalue weighted by Crippen LogP contribution is -2.13. The van der Waals surface area contributed by atoms with E-state index in [1.807, 2.05) is 43.3 Å². The zero-order chi connectivity index (χ0) is 14.0. The van der Waals surface area contributed by atoms with Gasteiger partial charge in [-0.05, 0) is 97.3 Å². The van der Waals surface area contributed by atoms with E-state index >= 15 is 0 Å². The quantitative estimate of drug-likeness (QED) is 0.558. The van der Waals surface area contributed by atoms with Gasteiger partial charge in [0.25, 0.3) is 5.91 Å². The summed E-state index contributed by atoms with van der Waals surface area (Å²) in [7, 11) is 0. The largest absolute Gasteiger partial charge is 0.321 e. The third-order valence-electron chi connectivity index (χ3n) is 2.55. The van der Waals surface area contributed by atoms with Crippen molar-refractivity contribution in [3.8, 4) is 0 Å². The van der Waals surface area contributed by atoms with Gasteiger partial charge in [-0.2, -0.15) is 0 Å². The maximum absolute atomic E-state index is 12.2. The SMILES string of the molecule is Cc1ccc(C(=O)Nc2ccc(I)cc2Br)c(Br)c1. The Morgan fingerprint density at radius 1 is 1.11 bits per heavy atom. The molecule has 0 aromatic heterocycles. The maximum atomic E-state index is 12.2. The van der Waals surface area contributed by atoms with E-state index in [1.54, 1.807) is 0 Å². The van der Waals surface area contributed by atoms with Gasteiger partial charge in [0.1, 0.15) is 0 Å². The topological polar surface area (TPSA) is 29.1 Å². The number of carbonyl (C=O) groups is 1. The molecule has 98 valence electrons. The van der Waals surface area contributed by atoms with Gasteiger partial charge in [-0.3, -0.25) is 4.79 Å². The van der Waals surface area contributed by atoms with Gasteiger partial charge in [0, 0.05) is 12.5 Å². The lowest BCUT2D eigenvalue weighted by Gasteiger charge is -2.09. The van der Waals surface area contributed by atoms with E-state index in [9.17, 15) is 4.79 Å². The fourth-order valence-corrected chi connectivity index (χ4v) is 3.66. The predicted molar refractivity (Wildman–Crippen MR) is 93.7 cm³/mol. The molecular formula is C14H10Br2INO. The lowest BCUT2D eigenvalue weighted by atomic mass is 10.1. The summed E-state index contributed by atoms with van der Waals surface area (Å²) < 4.78 is 2.78. The fourth-order valence-electron chi connectivity index (χ4n) is 1.58. The number of amides is 1. The summed E-state index contributed by atoms with van der Waals surface area (Å²) in [5.74, 6) is -0.131. The van der Waals surface area contributed by atoms with E-state index in [-0.39, 0.29) is 5.91 Å². The number of rotatable bonds is 2. The molecule has 0 fully saturated rings. The van der Waals surface area contributed by atoms with Crippen LogP contribution in [0, 0.1) is 10.5 Å². The van der Waals surface area contributed by atoms with Gasteiger partial charge in [-0.25, -0.2) is 0 Å².